The first-order chi connectivity index (χ1) is 6.11. The summed E-state index contributed by atoms with van der Waals surface area (Å²) in [5.41, 5.74) is 0.527. The molecule has 1 saturated carbocycles. The zero-order valence-electron chi connectivity index (χ0n) is 9.06. The van der Waals surface area contributed by atoms with Gasteiger partial charge in [0.1, 0.15) is 0 Å². The van der Waals surface area contributed by atoms with Crippen LogP contribution in [0, 0.1) is 35.0 Å². The maximum atomic E-state index is 3.27. The molecule has 0 aromatic carbocycles. The van der Waals surface area contributed by atoms with Crippen molar-refractivity contribution in [3.05, 3.63) is 0 Å². The lowest BCUT2D eigenvalue weighted by molar-refractivity contribution is 0.313. The van der Waals surface area contributed by atoms with E-state index in [1.807, 2.05) is 0 Å². The van der Waals surface area contributed by atoms with E-state index in [-0.39, 0.29) is 0 Å². The minimum absolute atomic E-state index is 0.527. The normalized spacial score (nSPS) is 37.9. The van der Waals surface area contributed by atoms with Gasteiger partial charge in [-0.05, 0) is 36.0 Å². The molecule has 2 aliphatic carbocycles. The molecule has 2 aliphatic rings. The Morgan fingerprint density at radius 2 is 1.38 bits per heavy atom. The molecule has 0 bridgehead atoms. The smallest absolute Gasteiger partial charge is 0.00915 e. The van der Waals surface area contributed by atoms with Crippen LogP contribution in [0.1, 0.15) is 46.5 Å². The summed E-state index contributed by atoms with van der Waals surface area (Å²) in [7, 11) is 0. The van der Waals surface area contributed by atoms with Crippen molar-refractivity contribution in [2.75, 3.05) is 0 Å². The summed E-state index contributed by atoms with van der Waals surface area (Å²) < 4.78 is 0. The Hall–Kier alpha value is -0.440. The van der Waals surface area contributed by atoms with Gasteiger partial charge in [-0.15, -0.1) is 11.8 Å². The summed E-state index contributed by atoms with van der Waals surface area (Å²) in [6.07, 6.45) is 5.01. The summed E-state index contributed by atoms with van der Waals surface area (Å²) in [6.45, 7) is 7.18. The monoisotopic (exact) mass is 176 g/mol. The predicted molar refractivity (Wildman–Crippen MR) is 56.2 cm³/mol. The van der Waals surface area contributed by atoms with E-state index in [9.17, 15) is 0 Å². The third-order valence-electron chi connectivity index (χ3n) is 3.66. The molecule has 72 valence electrons. The fourth-order valence-electron chi connectivity index (χ4n) is 3.17. The van der Waals surface area contributed by atoms with E-state index in [0.717, 1.165) is 30.6 Å². The van der Waals surface area contributed by atoms with Crippen LogP contribution in [0.15, 0.2) is 0 Å². The van der Waals surface area contributed by atoms with E-state index in [0.29, 0.717) is 5.41 Å². The molecule has 0 radical (unpaired) electrons. The lowest BCUT2D eigenvalue weighted by Crippen LogP contribution is -2.10. The molecule has 2 rings (SSSR count). The number of rotatable bonds is 0. The standard InChI is InChI=1S/C13H20/c1-13(2,3)12-10-8-6-4-5-7-9-11(10)12/h10-12H,6-9H2,1-3H3/t10-,11+,12?. The van der Waals surface area contributed by atoms with Crippen LogP contribution in [-0.2, 0) is 0 Å². The van der Waals surface area contributed by atoms with Gasteiger partial charge >= 0.3 is 0 Å². The Labute approximate surface area is 82.1 Å². The van der Waals surface area contributed by atoms with Crippen LogP contribution in [0.3, 0.4) is 0 Å². The molecule has 0 aliphatic heterocycles. The van der Waals surface area contributed by atoms with Crippen molar-refractivity contribution in [2.24, 2.45) is 23.2 Å². The summed E-state index contributed by atoms with van der Waals surface area (Å²) >= 11 is 0. The molecule has 3 atom stereocenters. The first kappa shape index (κ1) is 9.13. The van der Waals surface area contributed by atoms with Crippen LogP contribution in [0.5, 0.6) is 0 Å². The van der Waals surface area contributed by atoms with Gasteiger partial charge in [0.2, 0.25) is 0 Å². The van der Waals surface area contributed by atoms with Crippen molar-refractivity contribution in [3.63, 3.8) is 0 Å². The highest BCUT2D eigenvalue weighted by atomic mass is 14.6. The molecule has 1 fully saturated rings. The van der Waals surface area contributed by atoms with Gasteiger partial charge in [0.05, 0.1) is 0 Å². The molecule has 1 unspecified atom stereocenters. The van der Waals surface area contributed by atoms with Gasteiger partial charge in [-0.2, -0.15) is 0 Å². The van der Waals surface area contributed by atoms with E-state index in [2.05, 4.69) is 32.6 Å². The van der Waals surface area contributed by atoms with Crippen LogP contribution in [0.2, 0.25) is 0 Å². The second-order valence-corrected chi connectivity index (χ2v) is 5.65. The van der Waals surface area contributed by atoms with Gasteiger partial charge in [0.25, 0.3) is 0 Å². The quantitative estimate of drug-likeness (QED) is 0.496. The lowest BCUT2D eigenvalue weighted by atomic mass is 9.87. The van der Waals surface area contributed by atoms with Crippen LogP contribution in [0.4, 0.5) is 0 Å². The molecule has 0 heteroatoms. The van der Waals surface area contributed by atoms with Crippen molar-refractivity contribution in [1.82, 2.24) is 0 Å². The average molecular weight is 176 g/mol. The molecular formula is C13H20. The van der Waals surface area contributed by atoms with Crippen molar-refractivity contribution in [1.29, 1.82) is 0 Å². The molecule has 0 nitrogen and oxygen atoms in total. The van der Waals surface area contributed by atoms with Gasteiger partial charge in [-0.25, -0.2) is 0 Å². The lowest BCUT2D eigenvalue weighted by Gasteiger charge is -2.18. The summed E-state index contributed by atoms with van der Waals surface area (Å²) in [5, 5.41) is 0. The summed E-state index contributed by atoms with van der Waals surface area (Å²) in [5.74, 6) is 9.53. The number of hydrogen-bond donors (Lipinski definition) is 0. The Balaban J connectivity index is 2.00. The molecule has 0 N–H and O–H groups in total. The van der Waals surface area contributed by atoms with E-state index in [1.54, 1.807) is 0 Å². The Bertz CT molecular complexity index is 227. The van der Waals surface area contributed by atoms with E-state index in [4.69, 9.17) is 0 Å². The van der Waals surface area contributed by atoms with E-state index >= 15 is 0 Å². The first-order valence-electron chi connectivity index (χ1n) is 5.56. The molecule has 0 heterocycles. The highest BCUT2D eigenvalue weighted by Gasteiger charge is 2.53. The third kappa shape index (κ3) is 1.75. The van der Waals surface area contributed by atoms with Gasteiger partial charge in [-0.3, -0.25) is 0 Å². The highest BCUT2D eigenvalue weighted by Crippen LogP contribution is 2.60. The maximum absolute atomic E-state index is 3.27. The molecular weight excluding hydrogens is 156 g/mol. The van der Waals surface area contributed by atoms with E-state index < -0.39 is 0 Å². The zero-order chi connectivity index (χ0) is 9.47. The van der Waals surface area contributed by atoms with Gasteiger partial charge in [0, 0.05) is 12.8 Å². The summed E-state index contributed by atoms with van der Waals surface area (Å²) in [4.78, 5) is 0. The molecule has 13 heavy (non-hydrogen) atoms. The van der Waals surface area contributed by atoms with Crippen molar-refractivity contribution in [2.45, 2.75) is 46.5 Å². The molecule has 0 aromatic rings. The zero-order valence-corrected chi connectivity index (χ0v) is 9.06. The topological polar surface area (TPSA) is 0 Å². The highest BCUT2D eigenvalue weighted by molar-refractivity contribution is 5.09. The van der Waals surface area contributed by atoms with Crippen molar-refractivity contribution < 1.29 is 0 Å². The van der Waals surface area contributed by atoms with Crippen LogP contribution in [-0.4, -0.2) is 0 Å². The Morgan fingerprint density at radius 1 is 0.923 bits per heavy atom. The van der Waals surface area contributed by atoms with Crippen molar-refractivity contribution in [3.8, 4) is 11.8 Å². The minimum Gasteiger partial charge on any atom is -0.103 e. The second-order valence-electron chi connectivity index (χ2n) is 5.65. The maximum Gasteiger partial charge on any atom is 0.00915 e. The van der Waals surface area contributed by atoms with Gasteiger partial charge in [-0.1, -0.05) is 20.8 Å². The first-order valence-corrected chi connectivity index (χ1v) is 5.56. The second kappa shape index (κ2) is 3.05. The fourth-order valence-corrected chi connectivity index (χ4v) is 3.17. The van der Waals surface area contributed by atoms with Crippen LogP contribution in [0.25, 0.3) is 0 Å². The van der Waals surface area contributed by atoms with Crippen molar-refractivity contribution >= 4 is 0 Å². The molecule has 0 spiro atoms. The van der Waals surface area contributed by atoms with Crippen LogP contribution >= 0.6 is 0 Å². The van der Waals surface area contributed by atoms with E-state index in [1.165, 1.54) is 12.8 Å². The average Bonchev–Trinajstić information content (AvgIpc) is 2.59. The fraction of sp³-hybridized carbons (Fsp3) is 0.846. The third-order valence-corrected chi connectivity index (χ3v) is 3.66. The van der Waals surface area contributed by atoms with Gasteiger partial charge < -0.3 is 0 Å². The largest absolute Gasteiger partial charge is 0.103 e. The summed E-state index contributed by atoms with van der Waals surface area (Å²) in [6, 6.07) is 0. The predicted octanol–water partition coefficient (Wildman–Crippen LogP) is 3.47. The molecule has 0 aromatic heterocycles. The number of hydrogen-bond acceptors (Lipinski definition) is 0. The van der Waals surface area contributed by atoms with Gasteiger partial charge in [0.15, 0.2) is 0 Å². The SMILES string of the molecule is CC(C)(C)C1[C@H]2CCC#CCC[C@@H]12. The Morgan fingerprint density at radius 3 is 1.77 bits per heavy atom. The molecule has 0 saturated heterocycles. The van der Waals surface area contributed by atoms with Crippen LogP contribution < -0.4 is 0 Å². The Kier molecular flexibility index (Phi) is 2.14. The molecule has 0 amide bonds. The number of fused-ring (bicyclic) bond motifs is 1. The minimum atomic E-state index is 0.527.